The van der Waals surface area contributed by atoms with Gasteiger partial charge in [0.15, 0.2) is 7.05 Å². The quantitative estimate of drug-likeness (QED) is 0.105. The van der Waals surface area contributed by atoms with Gasteiger partial charge in [0.05, 0.1) is 34.2 Å². The molecule has 49 heavy (non-hydrogen) atoms. The Morgan fingerprint density at radius 3 is 1.08 bits per heavy atom. The first kappa shape index (κ1) is 41.4. The minimum atomic E-state index is -4.94. The van der Waals surface area contributed by atoms with Crippen LogP contribution in [0.3, 0.4) is 0 Å². The van der Waals surface area contributed by atoms with E-state index in [2.05, 4.69) is 35.0 Å². The van der Waals surface area contributed by atoms with Crippen molar-refractivity contribution >= 4 is 22.7 Å². The van der Waals surface area contributed by atoms with E-state index in [0.29, 0.717) is 0 Å². The molecule has 0 saturated heterocycles. The van der Waals surface area contributed by atoms with Crippen LogP contribution < -0.4 is 37.3 Å². The second kappa shape index (κ2) is 19.4. The summed E-state index contributed by atoms with van der Waals surface area (Å²) in [6.07, 6.45) is 0. The maximum Gasteiger partial charge on any atom is 2.00 e. The van der Waals surface area contributed by atoms with Gasteiger partial charge in [-0.2, -0.15) is 0 Å². The van der Waals surface area contributed by atoms with Crippen LogP contribution in [0.2, 0.25) is 0 Å². The van der Waals surface area contributed by atoms with Gasteiger partial charge in [0.2, 0.25) is 0 Å². The number of hydrogen-bond donors (Lipinski definition) is 0. The molecule has 0 atom stereocenters. The van der Waals surface area contributed by atoms with Gasteiger partial charge >= 0.3 is 17.1 Å². The molecule has 6 aromatic rings. The molecular weight excluding hydrogens is 777 g/mol. The van der Waals surface area contributed by atoms with Crippen LogP contribution in [-0.2, 0) is 17.1 Å². The van der Waals surface area contributed by atoms with E-state index in [4.69, 9.17) is 67.3 Å². The summed E-state index contributed by atoms with van der Waals surface area (Å²) >= 11 is 3.20. The summed E-state index contributed by atoms with van der Waals surface area (Å²) in [5.41, 5.74) is 7.46. The van der Waals surface area contributed by atoms with Crippen LogP contribution >= 0.6 is 22.7 Å². The third-order valence-electron chi connectivity index (χ3n) is 5.35. The first-order valence-corrected chi connectivity index (χ1v) is 17.1. The Morgan fingerprint density at radius 2 is 0.776 bits per heavy atom. The van der Waals surface area contributed by atoms with Gasteiger partial charge in [-0.3, -0.25) is 10.1 Å². The van der Waals surface area contributed by atoms with Crippen molar-refractivity contribution in [2.24, 2.45) is 0 Å². The molecule has 0 aliphatic carbocycles. The third kappa shape index (κ3) is 16.0. The van der Waals surface area contributed by atoms with Crippen molar-refractivity contribution in [1.82, 2.24) is 19.9 Å². The van der Waals surface area contributed by atoms with E-state index < -0.39 is 25.4 Å². The van der Waals surface area contributed by atoms with Crippen LogP contribution in [0.1, 0.15) is 0 Å². The van der Waals surface area contributed by atoms with E-state index in [0.717, 1.165) is 62.4 Å². The van der Waals surface area contributed by atoms with Crippen LogP contribution in [0.15, 0.2) is 108 Å². The van der Waals surface area contributed by atoms with Gasteiger partial charge in [0.1, 0.15) is 10.0 Å². The van der Waals surface area contributed by atoms with Crippen molar-refractivity contribution in [3.05, 3.63) is 118 Å². The molecule has 259 valence electrons. The van der Waals surface area contributed by atoms with Gasteiger partial charge in [-0.15, -0.1) is 43.2 Å². The van der Waals surface area contributed by atoms with Crippen molar-refractivity contribution < 1.29 is 79.8 Å². The molecule has 6 rings (SSSR count). The van der Waals surface area contributed by atoms with Gasteiger partial charge in [-0.1, -0.05) is 72.8 Å². The summed E-state index contributed by atoms with van der Waals surface area (Å²) in [7, 11) is -9.00. The number of aromatic nitrogens is 4. The zero-order chi connectivity index (χ0) is 35.3. The summed E-state index contributed by atoms with van der Waals surface area (Å²) in [6.45, 7) is 0. The van der Waals surface area contributed by atoms with E-state index >= 15 is 0 Å². The number of pyridine rings is 2. The minimum absolute atomic E-state index is 0. The topological polar surface area (TPSA) is 279 Å². The Hall–Kier alpha value is -3.82. The molecule has 0 aliphatic rings. The molecule has 4 heterocycles. The fraction of sp³-hybridized carbons (Fsp3) is 0.0345. The number of nitrogens with zero attached hydrogens (tertiary/aromatic N) is 5. The molecule has 0 bridgehead atoms. The number of nitro groups is 1. The molecule has 0 N–H and O–H groups in total. The molecule has 0 saturated carbocycles. The van der Waals surface area contributed by atoms with E-state index in [1.54, 1.807) is 22.7 Å². The Kier molecular flexibility index (Phi) is 16.4. The Morgan fingerprint density at radius 1 is 0.490 bits per heavy atom. The SMILES string of the molecule is C[N+](=O)[O-].[Cu+2].[O-][Cl+3]([O-])([O-])[O-].[O-][Cl+3]([O-])([O-])[O-].c1ccc(-c2csc(-c3cccc(-c4cccc(-c5nc(-c6ccccc6)cs5)n4)n3)n2)cc1. The zero-order valence-corrected chi connectivity index (χ0v) is 28.7. The van der Waals surface area contributed by atoms with E-state index in [-0.39, 0.29) is 17.1 Å². The van der Waals surface area contributed by atoms with Crippen molar-refractivity contribution in [3.63, 3.8) is 0 Å². The molecule has 4 aromatic heterocycles. The number of halogens is 2. The predicted molar refractivity (Wildman–Crippen MR) is 153 cm³/mol. The van der Waals surface area contributed by atoms with Crippen LogP contribution in [0, 0.1) is 30.6 Å². The summed E-state index contributed by atoms with van der Waals surface area (Å²) < 4.78 is 67.9. The summed E-state index contributed by atoms with van der Waals surface area (Å²) in [5, 5.41) is 14.7. The Balaban J connectivity index is 0.000000475. The molecule has 0 spiro atoms. The van der Waals surface area contributed by atoms with Crippen molar-refractivity contribution in [2.75, 3.05) is 7.05 Å². The van der Waals surface area contributed by atoms with Gasteiger partial charge in [-0.05, 0) is 24.3 Å². The average molecular weight is 798 g/mol. The third-order valence-corrected chi connectivity index (χ3v) is 7.08. The summed E-state index contributed by atoms with van der Waals surface area (Å²) in [5.74, 6) is 0. The second-order valence-electron chi connectivity index (χ2n) is 8.82. The smallest absolute Gasteiger partial charge is 0.265 e. The van der Waals surface area contributed by atoms with E-state index in [1.807, 2.05) is 72.8 Å². The van der Waals surface area contributed by atoms with Gasteiger partial charge in [0.25, 0.3) is 0 Å². The monoisotopic (exact) mass is 796 g/mol. The van der Waals surface area contributed by atoms with Crippen LogP contribution in [0.25, 0.3) is 55.3 Å². The van der Waals surface area contributed by atoms with Gasteiger partial charge in [-0.25, -0.2) is 57.2 Å². The number of hydrogen-bond acceptors (Lipinski definition) is 16. The Labute approximate surface area is 301 Å². The molecule has 2 aromatic carbocycles. The van der Waals surface area contributed by atoms with Gasteiger partial charge < -0.3 is 0 Å². The maximum absolute atomic E-state index is 8.81. The standard InChI is InChI=1S/C28H18N4S2.CH3NO2.2ClHO4.Cu/c1-3-9-19(10-4-1)25-17-33-27(31-25)23-15-7-13-21(29-23)22-14-8-16-24(30-22)28-32-26(18-34-28)20-11-5-2-6-12-20;1-2(3)4;2*2-1(3,4)5;/h1-18H;1H3;2*(H,2,3,4,5);/q;;;;+2/p-2. The van der Waals surface area contributed by atoms with Crippen molar-refractivity contribution in [3.8, 4) is 55.3 Å². The normalized spacial score (nSPS) is 10.6. The average Bonchev–Trinajstić information content (AvgIpc) is 3.72. The van der Waals surface area contributed by atoms with Crippen LogP contribution in [0.4, 0.5) is 0 Å². The number of benzene rings is 2. The van der Waals surface area contributed by atoms with Crippen molar-refractivity contribution in [2.45, 2.75) is 0 Å². The first-order chi connectivity index (χ1) is 22.6. The number of rotatable bonds is 5. The van der Waals surface area contributed by atoms with Crippen LogP contribution in [-0.4, -0.2) is 31.9 Å². The summed E-state index contributed by atoms with van der Waals surface area (Å²) in [4.78, 5) is 27.7. The zero-order valence-electron chi connectivity index (χ0n) is 24.6. The Bertz CT molecular complexity index is 1750. The maximum atomic E-state index is 8.81. The molecule has 0 unspecified atom stereocenters. The van der Waals surface area contributed by atoms with E-state index in [9.17, 15) is 0 Å². The molecule has 1 radical (unpaired) electrons. The van der Waals surface area contributed by atoms with E-state index in [1.165, 1.54) is 0 Å². The fourth-order valence-corrected chi connectivity index (χ4v) is 5.25. The molecule has 20 heteroatoms. The van der Waals surface area contributed by atoms with Gasteiger partial charge in [0, 0.05) is 26.8 Å². The summed E-state index contributed by atoms with van der Waals surface area (Å²) in [6, 6.07) is 32.4. The van der Waals surface area contributed by atoms with Crippen molar-refractivity contribution in [1.29, 1.82) is 0 Å². The first-order valence-electron chi connectivity index (χ1n) is 12.9. The molecule has 0 amide bonds. The second-order valence-corrected chi connectivity index (χ2v) is 12.0. The largest absolute Gasteiger partial charge is 2.00 e. The molecule has 15 nitrogen and oxygen atoms in total. The molecule has 0 aliphatic heterocycles. The predicted octanol–water partition coefficient (Wildman–Crippen LogP) is -1.90. The molecule has 0 fully saturated rings. The molecular formula is C29H21Cl2CuN5O10S2. The fourth-order valence-electron chi connectivity index (χ4n) is 3.66. The number of thiazole rings is 2. The van der Waals surface area contributed by atoms with Crippen LogP contribution in [0.5, 0.6) is 0 Å². The minimum Gasteiger partial charge on any atom is -0.265 e.